The van der Waals surface area contributed by atoms with Crippen LogP contribution in [0.5, 0.6) is 5.75 Å². The molecule has 0 fully saturated rings. The number of benzene rings is 1. The maximum Gasteiger partial charge on any atom is 0.354 e. The van der Waals surface area contributed by atoms with Crippen LogP contribution in [0.4, 0.5) is 0 Å². The Bertz CT molecular complexity index is 746. The van der Waals surface area contributed by atoms with Gasteiger partial charge in [-0.25, -0.2) is 9.78 Å². The largest absolute Gasteiger partial charge is 0.508 e. The first-order chi connectivity index (χ1) is 8.15. The van der Waals surface area contributed by atoms with Crippen LogP contribution >= 0.6 is 0 Å². The van der Waals surface area contributed by atoms with E-state index >= 15 is 0 Å². The Labute approximate surface area is 95.3 Å². The lowest BCUT2D eigenvalue weighted by molar-refractivity contribution is 0.0691. The summed E-state index contributed by atoms with van der Waals surface area (Å²) in [6.45, 7) is 0. The van der Waals surface area contributed by atoms with E-state index in [-0.39, 0.29) is 11.4 Å². The highest BCUT2D eigenvalue weighted by atomic mass is 16.4. The van der Waals surface area contributed by atoms with Crippen LogP contribution in [0.25, 0.3) is 21.8 Å². The molecule has 3 aromatic rings. The van der Waals surface area contributed by atoms with E-state index in [0.29, 0.717) is 0 Å². The molecule has 5 heteroatoms. The highest BCUT2D eigenvalue weighted by molar-refractivity contribution is 6.08. The van der Waals surface area contributed by atoms with E-state index in [2.05, 4.69) is 9.97 Å². The van der Waals surface area contributed by atoms with Crippen LogP contribution in [-0.4, -0.2) is 26.2 Å². The summed E-state index contributed by atoms with van der Waals surface area (Å²) in [5, 5.41) is 19.8. The highest BCUT2D eigenvalue weighted by Crippen LogP contribution is 2.28. The van der Waals surface area contributed by atoms with Gasteiger partial charge in [-0.15, -0.1) is 0 Å². The molecule has 2 heterocycles. The summed E-state index contributed by atoms with van der Waals surface area (Å²) >= 11 is 0. The molecule has 0 bridgehead atoms. The summed E-state index contributed by atoms with van der Waals surface area (Å²) in [6.07, 6.45) is 1.48. The van der Waals surface area contributed by atoms with Crippen LogP contribution in [0.2, 0.25) is 0 Å². The average molecular weight is 228 g/mol. The lowest BCUT2D eigenvalue weighted by Crippen LogP contribution is -1.98. The number of aromatic amines is 1. The molecule has 2 aromatic heterocycles. The summed E-state index contributed by atoms with van der Waals surface area (Å²) in [5.41, 5.74) is 1.57. The van der Waals surface area contributed by atoms with E-state index in [4.69, 9.17) is 5.11 Å². The van der Waals surface area contributed by atoms with Gasteiger partial charge in [-0.3, -0.25) is 0 Å². The van der Waals surface area contributed by atoms with E-state index < -0.39 is 5.97 Å². The molecule has 1 aromatic carbocycles. The minimum atomic E-state index is -1.07. The molecule has 84 valence electrons. The number of aromatic nitrogens is 2. The third kappa shape index (κ3) is 1.40. The zero-order valence-electron chi connectivity index (χ0n) is 8.64. The molecule has 5 nitrogen and oxygen atoms in total. The van der Waals surface area contributed by atoms with Crippen LogP contribution < -0.4 is 0 Å². The van der Waals surface area contributed by atoms with Gasteiger partial charge in [0.15, 0.2) is 0 Å². The smallest absolute Gasteiger partial charge is 0.354 e. The monoisotopic (exact) mass is 228 g/mol. The van der Waals surface area contributed by atoms with E-state index in [1.165, 1.54) is 12.3 Å². The molecule has 0 atom stereocenters. The van der Waals surface area contributed by atoms with Gasteiger partial charge in [0.1, 0.15) is 11.4 Å². The number of phenolic OH excluding ortho intramolecular Hbond substituents is 1. The van der Waals surface area contributed by atoms with Crippen molar-refractivity contribution in [2.24, 2.45) is 0 Å². The molecule has 0 saturated carbocycles. The Kier molecular flexibility index (Phi) is 1.82. The van der Waals surface area contributed by atoms with Gasteiger partial charge in [0.25, 0.3) is 0 Å². The van der Waals surface area contributed by atoms with Crippen molar-refractivity contribution >= 4 is 27.8 Å². The summed E-state index contributed by atoms with van der Waals surface area (Å²) in [7, 11) is 0. The lowest BCUT2D eigenvalue weighted by Gasteiger charge is -1.95. The normalized spacial score (nSPS) is 11.1. The molecular formula is C12H8N2O3. The van der Waals surface area contributed by atoms with Crippen molar-refractivity contribution in [2.45, 2.75) is 0 Å². The molecule has 0 aliphatic heterocycles. The number of fused-ring (bicyclic) bond motifs is 3. The first-order valence-electron chi connectivity index (χ1n) is 4.99. The van der Waals surface area contributed by atoms with Crippen molar-refractivity contribution in [2.75, 3.05) is 0 Å². The number of hydrogen-bond donors (Lipinski definition) is 3. The number of aromatic carboxylic acids is 1. The average Bonchev–Trinajstić information content (AvgIpc) is 2.66. The van der Waals surface area contributed by atoms with Gasteiger partial charge in [-0.1, -0.05) is 0 Å². The lowest BCUT2D eigenvalue weighted by atomic mass is 10.1. The van der Waals surface area contributed by atoms with E-state index in [0.717, 1.165) is 21.8 Å². The van der Waals surface area contributed by atoms with Crippen molar-refractivity contribution < 1.29 is 15.0 Å². The fourth-order valence-corrected chi connectivity index (χ4v) is 1.90. The Balaban J connectivity index is 2.43. The number of aromatic hydroxyl groups is 1. The highest BCUT2D eigenvalue weighted by Gasteiger charge is 2.10. The molecule has 17 heavy (non-hydrogen) atoms. The van der Waals surface area contributed by atoms with Crippen LogP contribution in [0, 0.1) is 0 Å². The Morgan fingerprint density at radius 1 is 1.18 bits per heavy atom. The summed E-state index contributed by atoms with van der Waals surface area (Å²) < 4.78 is 0. The second kappa shape index (κ2) is 3.21. The molecule has 0 unspecified atom stereocenters. The van der Waals surface area contributed by atoms with Crippen LogP contribution in [-0.2, 0) is 0 Å². The number of carboxylic acid groups (broad SMARTS) is 1. The summed E-state index contributed by atoms with van der Waals surface area (Å²) in [5.74, 6) is -0.923. The van der Waals surface area contributed by atoms with E-state index in [9.17, 15) is 9.90 Å². The number of phenols is 1. The molecule has 0 saturated heterocycles. The number of H-pyrrole nitrogens is 1. The fourth-order valence-electron chi connectivity index (χ4n) is 1.90. The van der Waals surface area contributed by atoms with Crippen molar-refractivity contribution in [3.8, 4) is 5.75 Å². The van der Waals surface area contributed by atoms with Gasteiger partial charge in [0, 0.05) is 16.3 Å². The van der Waals surface area contributed by atoms with Gasteiger partial charge in [-0.05, 0) is 24.3 Å². The Morgan fingerprint density at radius 2 is 1.94 bits per heavy atom. The second-order valence-electron chi connectivity index (χ2n) is 3.78. The Hall–Kier alpha value is -2.56. The van der Waals surface area contributed by atoms with E-state index in [1.54, 1.807) is 18.2 Å². The molecule has 0 aliphatic carbocycles. The standard InChI is InChI=1S/C12H8N2O3/c15-6-1-2-9-7(3-6)8-4-10(12(16)17)13-5-11(8)14-9/h1-5,14-15H,(H,16,17). The number of nitrogens with one attached hydrogen (secondary N) is 1. The number of carboxylic acids is 1. The van der Waals surface area contributed by atoms with Gasteiger partial charge < -0.3 is 15.2 Å². The number of rotatable bonds is 1. The van der Waals surface area contributed by atoms with Gasteiger partial charge in [0.2, 0.25) is 0 Å². The zero-order chi connectivity index (χ0) is 12.0. The minimum absolute atomic E-state index is 0.0123. The molecule has 0 aliphatic rings. The predicted octanol–water partition coefficient (Wildman–Crippen LogP) is 2.12. The molecular weight excluding hydrogens is 220 g/mol. The molecule has 3 N–H and O–H groups in total. The van der Waals surface area contributed by atoms with Crippen LogP contribution in [0.1, 0.15) is 10.5 Å². The quantitative estimate of drug-likeness (QED) is 0.595. The first-order valence-corrected chi connectivity index (χ1v) is 4.99. The van der Waals surface area contributed by atoms with Gasteiger partial charge in [-0.2, -0.15) is 0 Å². The van der Waals surface area contributed by atoms with E-state index in [1.807, 2.05) is 0 Å². The van der Waals surface area contributed by atoms with Crippen molar-refractivity contribution in [3.05, 3.63) is 36.2 Å². The molecule has 0 radical (unpaired) electrons. The third-order valence-electron chi connectivity index (χ3n) is 2.69. The second-order valence-corrected chi connectivity index (χ2v) is 3.78. The van der Waals surface area contributed by atoms with Crippen molar-refractivity contribution in [1.82, 2.24) is 9.97 Å². The van der Waals surface area contributed by atoms with Crippen molar-refractivity contribution in [1.29, 1.82) is 0 Å². The van der Waals surface area contributed by atoms with Gasteiger partial charge >= 0.3 is 5.97 Å². The van der Waals surface area contributed by atoms with Gasteiger partial charge in [0.05, 0.1) is 11.7 Å². The minimum Gasteiger partial charge on any atom is -0.508 e. The Morgan fingerprint density at radius 3 is 2.71 bits per heavy atom. The number of carbonyl (C=O) groups is 1. The summed E-state index contributed by atoms with van der Waals surface area (Å²) in [4.78, 5) is 17.8. The first kappa shape index (κ1) is 9.65. The number of pyridine rings is 1. The third-order valence-corrected chi connectivity index (χ3v) is 2.69. The van der Waals surface area contributed by atoms with Crippen LogP contribution in [0.3, 0.4) is 0 Å². The summed E-state index contributed by atoms with van der Waals surface area (Å²) in [6, 6.07) is 6.41. The molecule has 0 spiro atoms. The maximum atomic E-state index is 10.8. The topological polar surface area (TPSA) is 86.2 Å². The maximum absolute atomic E-state index is 10.8. The molecule has 3 rings (SSSR count). The predicted molar refractivity (Wildman–Crippen MR) is 62.2 cm³/mol. The fraction of sp³-hybridized carbons (Fsp3) is 0. The number of nitrogens with zero attached hydrogens (tertiary/aromatic N) is 1. The molecule has 0 amide bonds. The zero-order valence-corrected chi connectivity index (χ0v) is 8.64. The van der Waals surface area contributed by atoms with Crippen molar-refractivity contribution in [3.63, 3.8) is 0 Å². The SMILES string of the molecule is O=C(O)c1cc2c(cn1)[nH]c1ccc(O)cc12. The van der Waals surface area contributed by atoms with Crippen LogP contribution in [0.15, 0.2) is 30.5 Å². The number of hydrogen-bond acceptors (Lipinski definition) is 3.